The second-order valence-corrected chi connectivity index (χ2v) is 10.2. The van der Waals surface area contributed by atoms with Crippen LogP contribution in [0.25, 0.3) is 21.8 Å². The number of hydrogen-bond acceptors (Lipinski definition) is 4. The Kier molecular flexibility index (Phi) is 8.11. The third-order valence-electron chi connectivity index (χ3n) is 7.33. The maximum atomic E-state index is 13.0. The van der Waals surface area contributed by atoms with E-state index in [1.54, 1.807) is 7.11 Å². The summed E-state index contributed by atoms with van der Waals surface area (Å²) in [6.45, 7) is 6.40. The van der Waals surface area contributed by atoms with Gasteiger partial charge in [0.05, 0.1) is 12.6 Å². The van der Waals surface area contributed by atoms with Gasteiger partial charge in [-0.05, 0) is 54.8 Å². The van der Waals surface area contributed by atoms with E-state index in [2.05, 4.69) is 75.6 Å². The van der Waals surface area contributed by atoms with Gasteiger partial charge in [-0.25, -0.2) is 0 Å². The lowest BCUT2D eigenvalue weighted by Gasteiger charge is -2.23. The summed E-state index contributed by atoms with van der Waals surface area (Å²) in [5.41, 5.74) is 4.91. The fourth-order valence-corrected chi connectivity index (χ4v) is 5.79. The van der Waals surface area contributed by atoms with Gasteiger partial charge in [-0.1, -0.05) is 48.0 Å². The average Bonchev–Trinajstić information content (AvgIpc) is 3.45. The van der Waals surface area contributed by atoms with Crippen molar-refractivity contribution in [2.45, 2.75) is 45.1 Å². The van der Waals surface area contributed by atoms with Crippen molar-refractivity contribution in [3.63, 3.8) is 0 Å². The molecular weight excluding hydrogens is 484 g/mol. The first kappa shape index (κ1) is 25.7. The first-order valence-electron chi connectivity index (χ1n) is 13.1. The average molecular weight is 519 g/mol. The summed E-state index contributed by atoms with van der Waals surface area (Å²) in [5.74, 6) is 0.0529. The number of hydrogen-bond donors (Lipinski definition) is 2. The van der Waals surface area contributed by atoms with Crippen LogP contribution in [0.5, 0.6) is 0 Å². The summed E-state index contributed by atoms with van der Waals surface area (Å²) in [7, 11) is 1.64. The zero-order chi connectivity index (χ0) is 25.8. The third-order valence-corrected chi connectivity index (χ3v) is 7.57. The number of halogens is 1. The number of ether oxygens (including phenoxy) is 1. The Balaban J connectivity index is 1.30. The fourth-order valence-electron chi connectivity index (χ4n) is 5.58. The van der Waals surface area contributed by atoms with Crippen molar-refractivity contribution in [3.05, 3.63) is 82.9 Å². The molecule has 1 aliphatic heterocycles. The van der Waals surface area contributed by atoms with Crippen LogP contribution in [0.15, 0.2) is 66.7 Å². The van der Waals surface area contributed by atoms with Crippen LogP contribution in [-0.4, -0.2) is 54.3 Å². The quantitative estimate of drug-likeness (QED) is 0.291. The van der Waals surface area contributed by atoms with Gasteiger partial charge in [0.2, 0.25) is 5.91 Å². The number of carbonyl (C=O) groups is 1. The van der Waals surface area contributed by atoms with E-state index in [0.717, 1.165) is 31.6 Å². The Hall–Kier alpha value is -2.90. The molecule has 1 saturated heterocycles. The number of likely N-dealkylation sites (tertiary alicyclic amines) is 1. The van der Waals surface area contributed by atoms with Crippen molar-refractivity contribution in [2.24, 2.45) is 0 Å². The molecule has 1 amide bonds. The first-order valence-corrected chi connectivity index (χ1v) is 13.4. The lowest BCUT2D eigenvalue weighted by atomic mass is 10.1. The molecule has 0 bridgehead atoms. The minimum Gasteiger partial charge on any atom is -0.383 e. The Morgan fingerprint density at radius 1 is 1.03 bits per heavy atom. The SMILES string of the molecule is CCn1c2ccccc2c2cc(CN[C@@H]3C[C@@H](C(=O)NCCOC)N(Cc4cccc(Cl)c4)C3)ccc21. The molecule has 4 aromatic rings. The fraction of sp³-hybridized carbons (Fsp3) is 0.367. The van der Waals surface area contributed by atoms with E-state index < -0.39 is 0 Å². The summed E-state index contributed by atoms with van der Waals surface area (Å²) < 4.78 is 7.48. The van der Waals surface area contributed by atoms with Gasteiger partial charge in [-0.3, -0.25) is 9.69 Å². The number of fused-ring (bicyclic) bond motifs is 3. The van der Waals surface area contributed by atoms with E-state index in [0.29, 0.717) is 24.7 Å². The highest BCUT2D eigenvalue weighted by atomic mass is 35.5. The largest absolute Gasteiger partial charge is 0.383 e. The van der Waals surface area contributed by atoms with Crippen molar-refractivity contribution in [3.8, 4) is 0 Å². The molecule has 0 saturated carbocycles. The van der Waals surface area contributed by atoms with E-state index in [-0.39, 0.29) is 18.0 Å². The summed E-state index contributed by atoms with van der Waals surface area (Å²) in [4.78, 5) is 15.3. The van der Waals surface area contributed by atoms with E-state index in [1.807, 2.05) is 18.2 Å². The van der Waals surface area contributed by atoms with E-state index >= 15 is 0 Å². The zero-order valence-corrected chi connectivity index (χ0v) is 22.3. The Morgan fingerprint density at radius 3 is 2.68 bits per heavy atom. The number of carbonyl (C=O) groups excluding carboxylic acids is 1. The molecule has 194 valence electrons. The van der Waals surface area contributed by atoms with Crippen LogP contribution in [0.3, 0.4) is 0 Å². The van der Waals surface area contributed by atoms with Crippen LogP contribution >= 0.6 is 11.6 Å². The molecule has 37 heavy (non-hydrogen) atoms. The number of amides is 1. The smallest absolute Gasteiger partial charge is 0.237 e. The van der Waals surface area contributed by atoms with Crippen LogP contribution in [0.2, 0.25) is 5.02 Å². The molecule has 6 nitrogen and oxygen atoms in total. The molecule has 1 aliphatic rings. The molecule has 0 unspecified atom stereocenters. The molecule has 1 fully saturated rings. The van der Waals surface area contributed by atoms with Crippen molar-refractivity contribution in [1.82, 2.24) is 20.1 Å². The number of para-hydroxylation sites is 1. The van der Waals surface area contributed by atoms with Gasteiger partial charge in [-0.15, -0.1) is 0 Å². The first-order chi connectivity index (χ1) is 18.1. The Labute approximate surface area is 223 Å². The van der Waals surface area contributed by atoms with Gasteiger partial charge in [-0.2, -0.15) is 0 Å². The maximum absolute atomic E-state index is 13.0. The monoisotopic (exact) mass is 518 g/mol. The normalized spacial score (nSPS) is 18.1. The van der Waals surface area contributed by atoms with Crippen molar-refractivity contribution in [2.75, 3.05) is 26.8 Å². The minimum absolute atomic E-state index is 0.0529. The van der Waals surface area contributed by atoms with Gasteiger partial charge in [0.1, 0.15) is 0 Å². The highest BCUT2D eigenvalue weighted by molar-refractivity contribution is 6.30. The predicted octanol–water partition coefficient (Wildman–Crippen LogP) is 4.96. The van der Waals surface area contributed by atoms with Crippen LogP contribution in [0.1, 0.15) is 24.5 Å². The number of nitrogens with zero attached hydrogens (tertiary/aromatic N) is 2. The predicted molar refractivity (Wildman–Crippen MR) is 151 cm³/mol. The lowest BCUT2D eigenvalue weighted by molar-refractivity contribution is -0.125. The van der Waals surface area contributed by atoms with Crippen LogP contribution in [-0.2, 0) is 29.2 Å². The van der Waals surface area contributed by atoms with Crippen molar-refractivity contribution in [1.29, 1.82) is 0 Å². The number of aryl methyl sites for hydroxylation is 1. The molecular formula is C30H35ClN4O2. The van der Waals surface area contributed by atoms with Gasteiger partial charge in [0.15, 0.2) is 0 Å². The molecule has 2 atom stereocenters. The molecule has 2 N–H and O–H groups in total. The van der Waals surface area contributed by atoms with Gasteiger partial charge in [0.25, 0.3) is 0 Å². The molecule has 0 radical (unpaired) electrons. The number of nitrogens with one attached hydrogen (secondary N) is 2. The zero-order valence-electron chi connectivity index (χ0n) is 21.5. The number of methoxy groups -OCH3 is 1. The van der Waals surface area contributed by atoms with Crippen molar-refractivity contribution < 1.29 is 9.53 Å². The molecule has 7 heteroatoms. The summed E-state index contributed by atoms with van der Waals surface area (Å²) in [6, 6.07) is 23.3. The summed E-state index contributed by atoms with van der Waals surface area (Å²) >= 11 is 6.22. The number of benzene rings is 3. The second kappa shape index (κ2) is 11.7. The number of aromatic nitrogens is 1. The second-order valence-electron chi connectivity index (χ2n) is 9.79. The van der Waals surface area contributed by atoms with Gasteiger partial charge >= 0.3 is 0 Å². The lowest BCUT2D eigenvalue weighted by Crippen LogP contribution is -2.43. The van der Waals surface area contributed by atoms with E-state index in [9.17, 15) is 4.79 Å². The Bertz CT molecular complexity index is 1380. The molecule has 0 aliphatic carbocycles. The molecule has 3 aromatic carbocycles. The number of rotatable bonds is 10. The highest BCUT2D eigenvalue weighted by Gasteiger charge is 2.36. The third kappa shape index (κ3) is 5.68. The summed E-state index contributed by atoms with van der Waals surface area (Å²) in [5, 5.41) is 10.1. The highest BCUT2D eigenvalue weighted by Crippen LogP contribution is 2.30. The molecule has 2 heterocycles. The molecule has 1 aromatic heterocycles. The Morgan fingerprint density at radius 2 is 1.86 bits per heavy atom. The minimum atomic E-state index is -0.196. The summed E-state index contributed by atoms with van der Waals surface area (Å²) in [6.07, 6.45) is 0.761. The molecule has 5 rings (SSSR count). The van der Waals surface area contributed by atoms with Crippen LogP contribution < -0.4 is 10.6 Å². The standard InChI is InChI=1S/C30H35ClN4O2/c1-3-35-27-10-5-4-9-25(27)26-16-21(11-12-28(26)35)18-33-24-17-29(30(36)32-13-14-37-2)34(20-24)19-22-7-6-8-23(31)15-22/h4-12,15-16,24,29,33H,3,13-14,17-20H2,1-2H3,(H,32,36)/t24-,29+/m1/s1. The van der Waals surface area contributed by atoms with E-state index in [4.69, 9.17) is 16.3 Å². The van der Waals surface area contributed by atoms with Crippen LogP contribution in [0.4, 0.5) is 0 Å². The molecule has 0 spiro atoms. The topological polar surface area (TPSA) is 58.5 Å². The maximum Gasteiger partial charge on any atom is 0.237 e. The van der Waals surface area contributed by atoms with E-state index in [1.165, 1.54) is 27.4 Å². The van der Waals surface area contributed by atoms with Gasteiger partial charge < -0.3 is 19.9 Å². The van der Waals surface area contributed by atoms with Crippen LogP contribution in [0, 0.1) is 0 Å². The van der Waals surface area contributed by atoms with Crippen molar-refractivity contribution >= 4 is 39.3 Å². The van der Waals surface area contributed by atoms with Gasteiger partial charge in [0, 0.05) is 72.7 Å².